The normalized spacial score (nSPS) is 10.2. The molecule has 2 rings (SSSR count). The summed E-state index contributed by atoms with van der Waals surface area (Å²) in [5.41, 5.74) is 13.1. The van der Waals surface area contributed by atoms with Crippen molar-refractivity contribution in [3.8, 4) is 0 Å². The standard InChI is InChI=1S/C21H26BN2/c1-5-12-22-15(3)18-10-11-21(17(6-2)13-18)16(4)24-20-9-7-8-19(23)14-20/h7-11,13-14,24H,3-6,12,23H2,1-2H3. The van der Waals surface area contributed by atoms with E-state index in [-0.39, 0.29) is 0 Å². The Morgan fingerprint density at radius 2 is 1.92 bits per heavy atom. The molecule has 0 aliphatic heterocycles. The zero-order valence-electron chi connectivity index (χ0n) is 14.7. The number of nitrogen functional groups attached to an aromatic ring is 1. The van der Waals surface area contributed by atoms with Gasteiger partial charge in [0.1, 0.15) is 0 Å². The Hall–Kier alpha value is -2.42. The topological polar surface area (TPSA) is 38.0 Å². The van der Waals surface area contributed by atoms with Gasteiger partial charge in [0.25, 0.3) is 0 Å². The fourth-order valence-electron chi connectivity index (χ4n) is 2.67. The van der Waals surface area contributed by atoms with Crippen LogP contribution in [-0.2, 0) is 6.42 Å². The summed E-state index contributed by atoms with van der Waals surface area (Å²) in [6.45, 7) is 12.7. The van der Waals surface area contributed by atoms with Crippen LogP contribution in [0.5, 0.6) is 0 Å². The van der Waals surface area contributed by atoms with Crippen molar-refractivity contribution in [2.45, 2.75) is 33.0 Å². The Balaban J connectivity index is 2.20. The van der Waals surface area contributed by atoms with E-state index in [1.54, 1.807) is 0 Å². The molecular weight excluding hydrogens is 291 g/mol. The summed E-state index contributed by atoms with van der Waals surface area (Å²) in [6.07, 6.45) is 3.15. The number of benzene rings is 2. The summed E-state index contributed by atoms with van der Waals surface area (Å²) >= 11 is 0. The lowest BCUT2D eigenvalue weighted by atomic mass is 9.64. The van der Waals surface area contributed by atoms with Crippen molar-refractivity contribution in [1.29, 1.82) is 0 Å². The van der Waals surface area contributed by atoms with E-state index < -0.39 is 0 Å². The van der Waals surface area contributed by atoms with Gasteiger partial charge in [-0.25, -0.2) is 0 Å². The van der Waals surface area contributed by atoms with Crippen molar-refractivity contribution in [1.82, 2.24) is 0 Å². The highest BCUT2D eigenvalue weighted by Gasteiger charge is 2.09. The van der Waals surface area contributed by atoms with E-state index in [0.717, 1.165) is 47.3 Å². The minimum Gasteiger partial charge on any atom is -0.399 e. The maximum atomic E-state index is 5.84. The second-order valence-corrected chi connectivity index (χ2v) is 5.97. The number of aryl methyl sites for hydroxylation is 1. The van der Waals surface area contributed by atoms with Crippen LogP contribution >= 0.6 is 0 Å². The van der Waals surface area contributed by atoms with Gasteiger partial charge in [-0.15, -0.1) is 6.58 Å². The van der Waals surface area contributed by atoms with Gasteiger partial charge in [-0.2, -0.15) is 0 Å². The van der Waals surface area contributed by atoms with Crippen LogP contribution in [0.15, 0.2) is 55.6 Å². The van der Waals surface area contributed by atoms with Crippen molar-refractivity contribution in [2.75, 3.05) is 11.1 Å². The SMILES string of the molecule is C=C([B]CCC)c1ccc(C(=C)Nc2cccc(N)c2)c(CC)c1. The molecule has 24 heavy (non-hydrogen) atoms. The summed E-state index contributed by atoms with van der Waals surface area (Å²) in [5.74, 6) is 0. The monoisotopic (exact) mass is 317 g/mol. The minimum absolute atomic E-state index is 0.738. The first-order valence-electron chi connectivity index (χ1n) is 8.52. The fourth-order valence-corrected chi connectivity index (χ4v) is 2.67. The molecule has 2 aromatic carbocycles. The van der Waals surface area contributed by atoms with E-state index >= 15 is 0 Å². The third-order valence-corrected chi connectivity index (χ3v) is 4.04. The molecule has 1 radical (unpaired) electrons. The first-order chi connectivity index (χ1) is 11.5. The average molecular weight is 317 g/mol. The first-order valence-corrected chi connectivity index (χ1v) is 8.52. The lowest BCUT2D eigenvalue weighted by molar-refractivity contribution is 1.08. The van der Waals surface area contributed by atoms with Crippen LogP contribution < -0.4 is 11.1 Å². The number of nitrogens with two attached hydrogens (primary N) is 1. The molecule has 2 nitrogen and oxygen atoms in total. The highest BCUT2D eigenvalue weighted by Crippen LogP contribution is 2.25. The van der Waals surface area contributed by atoms with Crippen molar-refractivity contribution >= 4 is 29.8 Å². The van der Waals surface area contributed by atoms with E-state index in [1.165, 1.54) is 11.1 Å². The molecule has 0 spiro atoms. The molecule has 0 heterocycles. The van der Waals surface area contributed by atoms with Gasteiger partial charge in [0, 0.05) is 22.6 Å². The predicted octanol–water partition coefficient (Wildman–Crippen LogP) is 5.42. The van der Waals surface area contributed by atoms with E-state index in [9.17, 15) is 0 Å². The van der Waals surface area contributed by atoms with Gasteiger partial charge < -0.3 is 11.1 Å². The zero-order valence-corrected chi connectivity index (χ0v) is 14.7. The largest absolute Gasteiger partial charge is 0.399 e. The number of anilines is 2. The zero-order chi connectivity index (χ0) is 17.5. The van der Waals surface area contributed by atoms with Gasteiger partial charge in [-0.05, 0) is 35.7 Å². The first kappa shape index (κ1) is 17.9. The Labute approximate surface area is 146 Å². The number of hydrogen-bond acceptors (Lipinski definition) is 2. The molecule has 3 heteroatoms. The summed E-state index contributed by atoms with van der Waals surface area (Å²) in [4.78, 5) is 0. The van der Waals surface area contributed by atoms with Gasteiger partial charge in [0.05, 0.1) is 0 Å². The molecule has 0 unspecified atom stereocenters. The van der Waals surface area contributed by atoms with Gasteiger partial charge in [-0.1, -0.05) is 62.9 Å². The van der Waals surface area contributed by atoms with Gasteiger partial charge in [-0.3, -0.25) is 0 Å². The third kappa shape index (κ3) is 4.54. The molecule has 0 saturated carbocycles. The number of rotatable bonds is 8. The highest BCUT2D eigenvalue weighted by atomic mass is 14.9. The van der Waals surface area contributed by atoms with Crippen molar-refractivity contribution < 1.29 is 0 Å². The quantitative estimate of drug-likeness (QED) is 0.504. The molecule has 0 amide bonds. The van der Waals surface area contributed by atoms with Crippen LogP contribution in [-0.4, -0.2) is 7.28 Å². The number of hydrogen-bond donors (Lipinski definition) is 2. The van der Waals surface area contributed by atoms with Crippen molar-refractivity contribution in [3.63, 3.8) is 0 Å². The van der Waals surface area contributed by atoms with Crippen molar-refractivity contribution in [3.05, 3.63) is 72.3 Å². The van der Waals surface area contributed by atoms with Crippen LogP contribution in [0.3, 0.4) is 0 Å². The fraction of sp³-hybridized carbons (Fsp3) is 0.238. The molecule has 3 N–H and O–H groups in total. The highest BCUT2D eigenvalue weighted by molar-refractivity contribution is 6.60. The van der Waals surface area contributed by atoms with Gasteiger partial charge in [0.2, 0.25) is 0 Å². The third-order valence-electron chi connectivity index (χ3n) is 4.04. The Morgan fingerprint density at radius 1 is 1.12 bits per heavy atom. The van der Waals surface area contributed by atoms with E-state index in [2.05, 4.69) is 57.8 Å². The Bertz CT molecular complexity index is 734. The molecule has 2 aromatic rings. The minimum atomic E-state index is 0.738. The molecule has 0 saturated heterocycles. The van der Waals surface area contributed by atoms with E-state index in [4.69, 9.17) is 5.73 Å². The average Bonchev–Trinajstić information content (AvgIpc) is 2.59. The Kier molecular flexibility index (Phi) is 6.31. The summed E-state index contributed by atoms with van der Waals surface area (Å²) in [5, 5.41) is 3.35. The number of nitrogens with one attached hydrogen (secondary N) is 1. The second kappa shape index (κ2) is 8.44. The van der Waals surface area contributed by atoms with Crippen LogP contribution in [0.2, 0.25) is 6.32 Å². The predicted molar refractivity (Wildman–Crippen MR) is 109 cm³/mol. The molecule has 0 fully saturated rings. The van der Waals surface area contributed by atoms with Crippen molar-refractivity contribution in [2.24, 2.45) is 0 Å². The molecule has 0 bridgehead atoms. The lowest BCUT2D eigenvalue weighted by Gasteiger charge is -2.16. The smallest absolute Gasteiger partial charge is 0.151 e. The van der Waals surface area contributed by atoms with Crippen LogP contribution in [0.25, 0.3) is 11.2 Å². The van der Waals surface area contributed by atoms with Gasteiger partial charge in [0.15, 0.2) is 7.28 Å². The Morgan fingerprint density at radius 3 is 2.58 bits per heavy atom. The molecule has 0 aliphatic rings. The molecule has 0 aromatic heterocycles. The summed E-state index contributed by atoms with van der Waals surface area (Å²) in [7, 11) is 2.20. The van der Waals surface area contributed by atoms with E-state index in [0.29, 0.717) is 0 Å². The lowest BCUT2D eigenvalue weighted by Crippen LogP contribution is -2.03. The van der Waals surface area contributed by atoms with Crippen LogP contribution in [0, 0.1) is 0 Å². The second-order valence-electron chi connectivity index (χ2n) is 5.97. The maximum absolute atomic E-state index is 5.84. The summed E-state index contributed by atoms with van der Waals surface area (Å²) in [6, 6.07) is 14.2. The summed E-state index contributed by atoms with van der Waals surface area (Å²) < 4.78 is 0. The van der Waals surface area contributed by atoms with Gasteiger partial charge >= 0.3 is 0 Å². The molecule has 123 valence electrons. The maximum Gasteiger partial charge on any atom is 0.151 e. The van der Waals surface area contributed by atoms with E-state index in [1.807, 2.05) is 24.3 Å². The van der Waals surface area contributed by atoms with Crippen LogP contribution in [0.1, 0.15) is 37.0 Å². The van der Waals surface area contributed by atoms with Crippen LogP contribution in [0.4, 0.5) is 11.4 Å². The molecule has 0 aliphatic carbocycles. The molecule has 0 atom stereocenters. The molecular formula is C21H26BN2.